The zero-order chi connectivity index (χ0) is 14.5. The summed E-state index contributed by atoms with van der Waals surface area (Å²) in [5.74, 6) is 1.16. The summed E-state index contributed by atoms with van der Waals surface area (Å²) in [7, 11) is 0. The highest BCUT2D eigenvalue weighted by molar-refractivity contribution is 5.85. The molecule has 1 aromatic rings. The third kappa shape index (κ3) is 4.51. The summed E-state index contributed by atoms with van der Waals surface area (Å²) in [6, 6.07) is 7.63. The molecule has 0 bridgehead atoms. The topological polar surface area (TPSA) is 59.6 Å². The van der Waals surface area contributed by atoms with Crippen molar-refractivity contribution in [1.29, 1.82) is 0 Å². The maximum absolute atomic E-state index is 12.2. The van der Waals surface area contributed by atoms with Gasteiger partial charge in [-0.1, -0.05) is 19.1 Å². The van der Waals surface area contributed by atoms with Gasteiger partial charge in [0.1, 0.15) is 6.10 Å². The highest BCUT2D eigenvalue weighted by atomic mass is 35.5. The van der Waals surface area contributed by atoms with E-state index in [1.807, 2.05) is 45.0 Å². The minimum absolute atomic E-state index is 0. The van der Waals surface area contributed by atoms with Crippen LogP contribution < -0.4 is 20.1 Å². The van der Waals surface area contributed by atoms with E-state index in [4.69, 9.17) is 9.47 Å². The van der Waals surface area contributed by atoms with E-state index in [0.717, 1.165) is 6.54 Å². The number of rotatable bonds is 5. The molecule has 2 N–H and O–H groups in total. The van der Waals surface area contributed by atoms with Gasteiger partial charge in [-0.25, -0.2) is 0 Å². The van der Waals surface area contributed by atoms with E-state index in [9.17, 15) is 4.79 Å². The fourth-order valence-corrected chi connectivity index (χ4v) is 2.18. The van der Waals surface area contributed by atoms with E-state index < -0.39 is 6.10 Å². The van der Waals surface area contributed by atoms with E-state index in [2.05, 4.69) is 10.6 Å². The van der Waals surface area contributed by atoms with Gasteiger partial charge in [0.2, 0.25) is 6.10 Å². The van der Waals surface area contributed by atoms with Crippen molar-refractivity contribution in [1.82, 2.24) is 10.6 Å². The molecule has 0 radical (unpaired) electrons. The van der Waals surface area contributed by atoms with Crippen LogP contribution in [0, 0.1) is 0 Å². The zero-order valence-corrected chi connectivity index (χ0v) is 13.4. The summed E-state index contributed by atoms with van der Waals surface area (Å²) < 4.78 is 11.5. The number of fused-ring (bicyclic) bond motifs is 1. The number of nitrogens with one attached hydrogen (secondary N) is 2. The van der Waals surface area contributed by atoms with Gasteiger partial charge in [-0.3, -0.25) is 4.79 Å². The van der Waals surface area contributed by atoms with Gasteiger partial charge in [0.15, 0.2) is 11.5 Å². The van der Waals surface area contributed by atoms with Crippen molar-refractivity contribution in [3.63, 3.8) is 0 Å². The molecule has 1 aliphatic heterocycles. The Morgan fingerprint density at radius 3 is 2.52 bits per heavy atom. The molecule has 6 heteroatoms. The van der Waals surface area contributed by atoms with Crippen LogP contribution in [0.3, 0.4) is 0 Å². The summed E-state index contributed by atoms with van der Waals surface area (Å²) >= 11 is 0. The lowest BCUT2D eigenvalue weighted by atomic mass is 10.1. The first-order valence-corrected chi connectivity index (χ1v) is 7.05. The van der Waals surface area contributed by atoms with Gasteiger partial charge in [0.05, 0.1) is 0 Å². The Kier molecular flexibility index (Phi) is 6.78. The largest absolute Gasteiger partial charge is 0.482 e. The first kappa shape index (κ1) is 17.6. The van der Waals surface area contributed by atoms with Crippen LogP contribution in [0.2, 0.25) is 0 Å². The molecule has 1 aliphatic rings. The Morgan fingerprint density at radius 2 is 1.90 bits per heavy atom. The summed E-state index contributed by atoms with van der Waals surface area (Å²) in [6.45, 7) is 7.36. The van der Waals surface area contributed by atoms with Gasteiger partial charge in [-0.05, 0) is 32.5 Å². The number of likely N-dealkylation sites (N-methyl/N-ethyl adjacent to an activating group) is 1. The number of hydrogen-bond acceptors (Lipinski definition) is 4. The van der Waals surface area contributed by atoms with Crippen molar-refractivity contribution < 1.29 is 14.3 Å². The van der Waals surface area contributed by atoms with Crippen LogP contribution in [0.4, 0.5) is 0 Å². The Hall–Kier alpha value is -1.46. The molecule has 21 heavy (non-hydrogen) atoms. The molecule has 0 saturated carbocycles. The second-order valence-corrected chi connectivity index (χ2v) is 5.01. The third-order valence-corrected chi connectivity index (χ3v) is 3.24. The lowest BCUT2D eigenvalue weighted by molar-refractivity contribution is -0.133. The van der Waals surface area contributed by atoms with Crippen LogP contribution in [-0.4, -0.2) is 37.2 Å². The van der Waals surface area contributed by atoms with Crippen LogP contribution in [0.1, 0.15) is 20.8 Å². The first-order valence-electron chi connectivity index (χ1n) is 7.05. The molecule has 3 atom stereocenters. The average molecular weight is 315 g/mol. The van der Waals surface area contributed by atoms with Gasteiger partial charge in [0.25, 0.3) is 5.91 Å². The van der Waals surface area contributed by atoms with Gasteiger partial charge in [0, 0.05) is 12.6 Å². The predicted octanol–water partition coefficient (Wildman–Crippen LogP) is 1.75. The summed E-state index contributed by atoms with van der Waals surface area (Å²) in [5, 5.41) is 6.14. The normalized spacial score (nSPS) is 21.1. The number of para-hydroxylation sites is 2. The Bertz CT molecular complexity index is 470. The monoisotopic (exact) mass is 314 g/mol. The molecule has 0 fully saturated rings. The van der Waals surface area contributed by atoms with Crippen LogP contribution in [0.15, 0.2) is 24.3 Å². The summed E-state index contributed by atoms with van der Waals surface area (Å²) in [6.07, 6.45) is -0.918. The van der Waals surface area contributed by atoms with Gasteiger partial charge in [-0.2, -0.15) is 0 Å². The highest BCUT2D eigenvalue weighted by Gasteiger charge is 2.33. The lowest BCUT2D eigenvalue weighted by Crippen LogP contribution is -2.51. The molecule has 0 aromatic heterocycles. The van der Waals surface area contributed by atoms with E-state index >= 15 is 0 Å². The molecule has 2 rings (SSSR count). The molecular weight excluding hydrogens is 292 g/mol. The van der Waals surface area contributed by atoms with Gasteiger partial charge < -0.3 is 20.1 Å². The SMILES string of the molecule is CCN[C@H](C)CNC(=O)C1Oc2ccccc2OC1C.Cl. The maximum atomic E-state index is 12.2. The van der Waals surface area contributed by atoms with Gasteiger partial charge >= 0.3 is 0 Å². The standard InChI is InChI=1S/C15H22N2O3.ClH/c1-4-16-10(2)9-17-15(18)14-11(3)19-12-7-5-6-8-13(12)20-14;/h5-8,10-11,14,16H,4,9H2,1-3H3,(H,17,18);1H/t10-,11?,14?;/m1./s1. The van der Waals surface area contributed by atoms with Crippen LogP contribution >= 0.6 is 12.4 Å². The second-order valence-electron chi connectivity index (χ2n) is 5.01. The van der Waals surface area contributed by atoms with E-state index in [0.29, 0.717) is 18.0 Å². The zero-order valence-electron chi connectivity index (χ0n) is 12.6. The van der Waals surface area contributed by atoms with Crippen LogP contribution in [0.25, 0.3) is 0 Å². The molecule has 1 aromatic carbocycles. The summed E-state index contributed by atoms with van der Waals surface area (Å²) in [5.41, 5.74) is 0. The Balaban J connectivity index is 0.00000220. The number of benzene rings is 1. The highest BCUT2D eigenvalue weighted by Crippen LogP contribution is 2.33. The number of carbonyl (C=O) groups excluding carboxylic acids is 1. The number of halogens is 1. The number of amides is 1. The predicted molar refractivity (Wildman–Crippen MR) is 84.3 cm³/mol. The second kappa shape index (κ2) is 8.10. The molecule has 5 nitrogen and oxygen atoms in total. The van der Waals surface area contributed by atoms with Crippen LogP contribution in [0.5, 0.6) is 11.5 Å². The Morgan fingerprint density at radius 1 is 1.29 bits per heavy atom. The molecule has 0 saturated heterocycles. The quantitative estimate of drug-likeness (QED) is 0.869. The molecule has 1 amide bonds. The molecule has 118 valence electrons. The minimum atomic E-state index is -0.612. The van der Waals surface area contributed by atoms with Crippen molar-refractivity contribution in [3.05, 3.63) is 24.3 Å². The smallest absolute Gasteiger partial charge is 0.265 e. The minimum Gasteiger partial charge on any atom is -0.482 e. The number of hydrogen-bond donors (Lipinski definition) is 2. The average Bonchev–Trinajstić information content (AvgIpc) is 2.44. The molecule has 0 aliphatic carbocycles. The fourth-order valence-electron chi connectivity index (χ4n) is 2.18. The Labute approximate surface area is 131 Å². The summed E-state index contributed by atoms with van der Waals surface area (Å²) in [4.78, 5) is 12.2. The van der Waals surface area contributed by atoms with Crippen LogP contribution in [-0.2, 0) is 4.79 Å². The first-order chi connectivity index (χ1) is 9.61. The maximum Gasteiger partial charge on any atom is 0.265 e. The molecule has 1 heterocycles. The fraction of sp³-hybridized carbons (Fsp3) is 0.533. The van der Waals surface area contributed by atoms with E-state index in [1.165, 1.54) is 0 Å². The molecule has 2 unspecified atom stereocenters. The van der Waals surface area contributed by atoms with E-state index in [1.54, 1.807) is 0 Å². The van der Waals surface area contributed by atoms with Gasteiger partial charge in [-0.15, -0.1) is 12.4 Å². The molecule has 0 spiro atoms. The van der Waals surface area contributed by atoms with Crippen molar-refractivity contribution in [2.75, 3.05) is 13.1 Å². The van der Waals surface area contributed by atoms with Crippen molar-refractivity contribution in [2.45, 2.75) is 39.0 Å². The van der Waals surface area contributed by atoms with Crippen molar-refractivity contribution in [3.8, 4) is 11.5 Å². The lowest BCUT2D eigenvalue weighted by Gasteiger charge is -2.31. The van der Waals surface area contributed by atoms with Crippen molar-refractivity contribution in [2.24, 2.45) is 0 Å². The number of carbonyl (C=O) groups is 1. The van der Waals surface area contributed by atoms with E-state index in [-0.39, 0.29) is 30.5 Å². The van der Waals surface area contributed by atoms with Crippen molar-refractivity contribution >= 4 is 18.3 Å². The molecular formula is C15H23ClN2O3. The third-order valence-electron chi connectivity index (χ3n) is 3.24. The number of ether oxygens (including phenoxy) is 2.